The highest BCUT2D eigenvalue weighted by Crippen LogP contribution is 2.13. The molecule has 0 aromatic heterocycles. The summed E-state index contributed by atoms with van der Waals surface area (Å²) in [6.07, 6.45) is 28.2. The van der Waals surface area contributed by atoms with Crippen molar-refractivity contribution in [2.75, 3.05) is 5.32 Å². The maximum Gasteiger partial charge on any atom is 0.335 e. The Morgan fingerprint density at radius 1 is 0.727 bits per heavy atom. The van der Waals surface area contributed by atoms with Gasteiger partial charge in [-0.3, -0.25) is 4.79 Å². The summed E-state index contributed by atoms with van der Waals surface area (Å²) in [5.41, 5.74) is 0.872. The Labute approximate surface area is 201 Å². The number of carboxylic acid groups (broad SMARTS) is 1. The molecule has 0 fully saturated rings. The van der Waals surface area contributed by atoms with Crippen molar-refractivity contribution < 1.29 is 14.7 Å². The number of hydrogen-bond donors (Lipinski definition) is 2. The molecule has 0 saturated carbocycles. The number of nitrogens with one attached hydrogen (secondary N) is 1. The minimum atomic E-state index is -0.961. The Kier molecular flexibility index (Phi) is 17.6. The van der Waals surface area contributed by atoms with Gasteiger partial charge in [0.25, 0.3) is 0 Å². The number of rotatable bonds is 20. The number of aromatic carboxylic acids is 1. The van der Waals surface area contributed by atoms with E-state index >= 15 is 0 Å². The van der Waals surface area contributed by atoms with Crippen molar-refractivity contribution >= 4 is 17.6 Å². The molecule has 2 N–H and O–H groups in total. The lowest BCUT2D eigenvalue weighted by Crippen LogP contribution is -2.11. The summed E-state index contributed by atoms with van der Waals surface area (Å²) in [6, 6.07) is 6.27. The molecule has 0 radical (unpaired) electrons. The lowest BCUT2D eigenvalue weighted by atomic mass is 10.1. The van der Waals surface area contributed by atoms with Gasteiger partial charge in [0, 0.05) is 12.1 Å². The zero-order valence-electron chi connectivity index (χ0n) is 20.7. The first kappa shape index (κ1) is 28.7. The van der Waals surface area contributed by atoms with Crippen LogP contribution in [0.15, 0.2) is 48.6 Å². The van der Waals surface area contributed by atoms with Crippen LogP contribution in [0, 0.1) is 0 Å². The fourth-order valence-corrected chi connectivity index (χ4v) is 3.72. The van der Waals surface area contributed by atoms with Crippen molar-refractivity contribution in [1.82, 2.24) is 0 Å². The number of carbonyl (C=O) groups is 2. The van der Waals surface area contributed by atoms with E-state index in [-0.39, 0.29) is 11.5 Å². The number of allylic oxidation sites excluding steroid dienone is 4. The molecule has 0 aliphatic heterocycles. The van der Waals surface area contributed by atoms with Gasteiger partial charge in [-0.15, -0.1) is 0 Å². The molecular weight excluding hydrogens is 410 g/mol. The van der Waals surface area contributed by atoms with Gasteiger partial charge in [0.2, 0.25) is 5.91 Å². The van der Waals surface area contributed by atoms with Gasteiger partial charge in [0.05, 0.1) is 5.56 Å². The third-order valence-corrected chi connectivity index (χ3v) is 5.77. The van der Waals surface area contributed by atoms with E-state index in [0.29, 0.717) is 12.1 Å². The third kappa shape index (κ3) is 16.9. The maximum absolute atomic E-state index is 12.0. The lowest BCUT2D eigenvalue weighted by molar-refractivity contribution is -0.116. The molecule has 1 aromatic rings. The van der Waals surface area contributed by atoms with Crippen molar-refractivity contribution in [3.05, 3.63) is 54.1 Å². The highest BCUT2D eigenvalue weighted by Gasteiger charge is 2.05. The molecule has 33 heavy (non-hydrogen) atoms. The van der Waals surface area contributed by atoms with E-state index in [4.69, 9.17) is 5.11 Å². The van der Waals surface area contributed by atoms with Crippen LogP contribution >= 0.6 is 0 Å². The van der Waals surface area contributed by atoms with E-state index in [1.54, 1.807) is 12.1 Å². The molecule has 0 saturated heterocycles. The summed E-state index contributed by atoms with van der Waals surface area (Å²) in [6.45, 7) is 2.25. The zero-order valence-corrected chi connectivity index (χ0v) is 20.7. The summed E-state index contributed by atoms with van der Waals surface area (Å²) in [4.78, 5) is 22.8. The van der Waals surface area contributed by atoms with Crippen LogP contribution in [0.3, 0.4) is 0 Å². The van der Waals surface area contributed by atoms with Crippen LogP contribution in [0.4, 0.5) is 5.69 Å². The van der Waals surface area contributed by atoms with Crippen molar-refractivity contribution in [2.45, 2.75) is 110 Å². The minimum Gasteiger partial charge on any atom is -0.478 e. The van der Waals surface area contributed by atoms with E-state index in [9.17, 15) is 9.59 Å². The molecule has 0 aliphatic carbocycles. The van der Waals surface area contributed by atoms with Crippen molar-refractivity contribution in [1.29, 1.82) is 0 Å². The van der Waals surface area contributed by atoms with Gasteiger partial charge in [-0.1, -0.05) is 89.0 Å². The van der Waals surface area contributed by atoms with Gasteiger partial charge in [-0.2, -0.15) is 0 Å². The number of hydrogen-bond acceptors (Lipinski definition) is 2. The highest BCUT2D eigenvalue weighted by atomic mass is 16.4. The summed E-state index contributed by atoms with van der Waals surface area (Å²) >= 11 is 0. The Balaban J connectivity index is 1.87. The molecule has 0 heterocycles. The molecule has 0 aliphatic rings. The molecule has 1 aromatic carbocycles. The van der Waals surface area contributed by atoms with Crippen molar-refractivity contribution in [3.8, 4) is 0 Å². The molecule has 0 spiro atoms. The number of unbranched alkanes of at least 4 members (excludes halogenated alkanes) is 12. The van der Waals surface area contributed by atoms with Gasteiger partial charge in [-0.25, -0.2) is 4.79 Å². The number of benzene rings is 1. The lowest BCUT2D eigenvalue weighted by Gasteiger charge is -2.06. The van der Waals surface area contributed by atoms with Crippen molar-refractivity contribution in [2.24, 2.45) is 0 Å². The second kappa shape index (κ2) is 20.3. The van der Waals surface area contributed by atoms with E-state index in [1.807, 2.05) is 0 Å². The Morgan fingerprint density at radius 3 is 1.79 bits per heavy atom. The van der Waals surface area contributed by atoms with Crippen LogP contribution in [0.5, 0.6) is 0 Å². The molecule has 4 heteroatoms. The van der Waals surface area contributed by atoms with Gasteiger partial charge in [-0.05, 0) is 62.8 Å². The van der Waals surface area contributed by atoms with Gasteiger partial charge < -0.3 is 10.4 Å². The van der Waals surface area contributed by atoms with Crippen molar-refractivity contribution in [3.63, 3.8) is 0 Å². The maximum atomic E-state index is 12.0. The van der Waals surface area contributed by atoms with Crippen LogP contribution < -0.4 is 5.32 Å². The number of anilines is 1. The number of carbonyl (C=O) groups excluding carboxylic acids is 1. The zero-order chi connectivity index (χ0) is 24.0. The summed E-state index contributed by atoms with van der Waals surface area (Å²) in [5, 5.41) is 11.7. The van der Waals surface area contributed by atoms with Crippen LogP contribution in [-0.4, -0.2) is 17.0 Å². The Hall–Kier alpha value is -2.36. The number of amides is 1. The first-order valence-electron chi connectivity index (χ1n) is 13.1. The smallest absolute Gasteiger partial charge is 0.335 e. The second-order valence-electron chi connectivity index (χ2n) is 8.83. The van der Waals surface area contributed by atoms with Crippen LogP contribution in [0.1, 0.15) is 120 Å². The topological polar surface area (TPSA) is 66.4 Å². The average Bonchev–Trinajstić information content (AvgIpc) is 2.81. The first-order valence-corrected chi connectivity index (χ1v) is 13.1. The average molecular weight is 456 g/mol. The summed E-state index contributed by atoms with van der Waals surface area (Å²) in [7, 11) is 0. The van der Waals surface area contributed by atoms with E-state index in [1.165, 1.54) is 89.2 Å². The van der Waals surface area contributed by atoms with Crippen LogP contribution in [0.2, 0.25) is 0 Å². The van der Waals surface area contributed by atoms with Crippen LogP contribution in [-0.2, 0) is 4.79 Å². The molecule has 1 amide bonds. The van der Waals surface area contributed by atoms with Gasteiger partial charge in [0.15, 0.2) is 0 Å². The Bertz CT molecular complexity index is 691. The standard InChI is InChI=1S/C29H45NO3/c1-2-3-4-5-6-7-8-9-10-11-12-13-14-15-16-17-18-19-20-21-28(31)30-27-24-22-26(23-25-27)29(32)33/h6-7,9-10,22-25H,2-5,8,11-21H2,1H3,(H,30,31)(H,32,33)/b7-6-,10-9-. The molecule has 0 unspecified atom stereocenters. The van der Waals surface area contributed by atoms with E-state index < -0.39 is 5.97 Å². The number of carboxylic acids is 1. The molecule has 0 atom stereocenters. The quantitative estimate of drug-likeness (QED) is 0.153. The SMILES string of the molecule is CCCCC/C=C\C/C=C\CCCCCCCCCCCC(=O)Nc1ccc(C(=O)O)cc1. The van der Waals surface area contributed by atoms with Gasteiger partial charge >= 0.3 is 5.97 Å². The van der Waals surface area contributed by atoms with Crippen LogP contribution in [0.25, 0.3) is 0 Å². The monoisotopic (exact) mass is 455 g/mol. The molecule has 184 valence electrons. The third-order valence-electron chi connectivity index (χ3n) is 5.77. The fraction of sp³-hybridized carbons (Fsp3) is 0.586. The van der Waals surface area contributed by atoms with Gasteiger partial charge in [0.1, 0.15) is 0 Å². The minimum absolute atomic E-state index is 0.00452. The molecule has 1 rings (SSSR count). The summed E-state index contributed by atoms with van der Waals surface area (Å²) < 4.78 is 0. The largest absolute Gasteiger partial charge is 0.478 e. The highest BCUT2D eigenvalue weighted by molar-refractivity contribution is 5.92. The molecular formula is C29H45NO3. The second-order valence-corrected chi connectivity index (χ2v) is 8.83. The molecule has 0 bridgehead atoms. The normalized spacial score (nSPS) is 11.4. The summed E-state index contributed by atoms with van der Waals surface area (Å²) in [5.74, 6) is -0.966. The predicted octanol–water partition coefficient (Wildman–Crippen LogP) is 8.70. The fourth-order valence-electron chi connectivity index (χ4n) is 3.72. The van der Waals surface area contributed by atoms with E-state index in [0.717, 1.165) is 19.3 Å². The van der Waals surface area contributed by atoms with E-state index in [2.05, 4.69) is 36.5 Å². The Morgan fingerprint density at radius 2 is 1.24 bits per heavy atom. The first-order chi connectivity index (χ1) is 16.1. The molecule has 4 nitrogen and oxygen atoms in total. The predicted molar refractivity (Wildman–Crippen MR) is 140 cm³/mol.